The number of nitrogens with one attached hydrogen (secondary N) is 2. The van der Waals surface area contributed by atoms with Gasteiger partial charge in [-0.25, -0.2) is 9.78 Å². The van der Waals surface area contributed by atoms with Crippen LogP contribution in [0, 0.1) is 5.41 Å². The highest BCUT2D eigenvalue weighted by atomic mass is 19.4. The molecule has 172 valence electrons. The fraction of sp³-hybridized carbons (Fsp3) is 0.238. The lowest BCUT2D eigenvalue weighted by atomic mass is 10.1. The van der Waals surface area contributed by atoms with Crippen LogP contribution in [0.15, 0.2) is 42.5 Å². The maximum atomic E-state index is 13.0. The number of carbonyl (C=O) groups is 3. The molecule has 0 radical (unpaired) electrons. The normalized spacial score (nSPS) is 14.6. The molecular weight excluding hydrogens is 445 g/mol. The molecule has 0 spiro atoms. The molecule has 1 saturated carbocycles. The smallest absolute Gasteiger partial charge is 0.416 e. The van der Waals surface area contributed by atoms with E-state index in [1.165, 1.54) is 28.8 Å². The van der Waals surface area contributed by atoms with Crippen LogP contribution in [0.25, 0.3) is 11.0 Å². The lowest BCUT2D eigenvalue weighted by Crippen LogP contribution is -2.24. The zero-order valence-electron chi connectivity index (χ0n) is 16.8. The number of carboxylic acid groups (broad SMARTS) is 2. The Morgan fingerprint density at radius 2 is 1.79 bits per heavy atom. The highest BCUT2D eigenvalue weighted by Gasteiger charge is 2.51. The van der Waals surface area contributed by atoms with Crippen molar-refractivity contribution in [1.82, 2.24) is 9.55 Å². The number of aliphatic carboxylic acids is 1. The van der Waals surface area contributed by atoms with Gasteiger partial charge in [-0.15, -0.1) is 0 Å². The minimum atomic E-state index is -4.63. The number of fused-ring (bicyclic) bond motifs is 1. The Morgan fingerprint density at radius 3 is 2.39 bits per heavy atom. The summed E-state index contributed by atoms with van der Waals surface area (Å²) in [5.74, 6) is -1.93. The summed E-state index contributed by atoms with van der Waals surface area (Å²) in [5, 5.41) is 23.1. The number of imidazole rings is 1. The van der Waals surface area contributed by atoms with Gasteiger partial charge in [-0.3, -0.25) is 20.2 Å². The first-order valence-electron chi connectivity index (χ1n) is 9.71. The van der Waals surface area contributed by atoms with E-state index in [1.807, 2.05) is 0 Å². The van der Waals surface area contributed by atoms with Gasteiger partial charge in [-0.05, 0) is 49.2 Å². The van der Waals surface area contributed by atoms with Crippen LogP contribution >= 0.6 is 0 Å². The highest BCUT2D eigenvalue weighted by molar-refractivity contribution is 6.04. The largest absolute Gasteiger partial charge is 0.481 e. The third kappa shape index (κ3) is 4.45. The van der Waals surface area contributed by atoms with Crippen LogP contribution in [-0.2, 0) is 17.5 Å². The zero-order valence-corrected chi connectivity index (χ0v) is 16.8. The van der Waals surface area contributed by atoms with Gasteiger partial charge in [0.2, 0.25) is 5.95 Å². The van der Waals surface area contributed by atoms with Crippen LogP contribution in [-0.4, -0.2) is 37.7 Å². The first-order valence-corrected chi connectivity index (χ1v) is 9.71. The van der Waals surface area contributed by atoms with Crippen molar-refractivity contribution in [1.29, 1.82) is 0 Å². The molecule has 1 aliphatic rings. The summed E-state index contributed by atoms with van der Waals surface area (Å²) in [6, 6.07) is 8.24. The third-order valence-electron chi connectivity index (χ3n) is 5.44. The van der Waals surface area contributed by atoms with Gasteiger partial charge in [-0.1, -0.05) is 6.07 Å². The predicted molar refractivity (Wildman–Crippen MR) is 110 cm³/mol. The van der Waals surface area contributed by atoms with E-state index < -0.39 is 35.1 Å². The van der Waals surface area contributed by atoms with Crippen LogP contribution in [0.5, 0.6) is 0 Å². The average Bonchev–Trinajstić information content (AvgIpc) is 3.45. The standard InChI is InChI=1S/C21H17F3N4O5/c22-21(23,24)12-3-1-2-11(8-12)16(29)27-18-26-14-9-13(25-19(32)33)4-5-15(14)28(18)10-20(6-7-20)17(30)31/h1-5,8-9,25H,6-7,10H2,(H,30,31)(H,32,33)(H,26,27,29). The molecule has 1 aromatic heterocycles. The molecule has 3 aromatic rings. The number of nitrogens with zero attached hydrogens (tertiary/aromatic N) is 2. The van der Waals surface area contributed by atoms with Gasteiger partial charge in [0.25, 0.3) is 5.91 Å². The van der Waals surface area contributed by atoms with Crippen LogP contribution in [0.1, 0.15) is 28.8 Å². The molecule has 9 nitrogen and oxygen atoms in total. The first kappa shape index (κ1) is 22.1. The summed E-state index contributed by atoms with van der Waals surface area (Å²) in [5.41, 5.74) is -1.39. The molecule has 12 heteroatoms. The van der Waals surface area contributed by atoms with Gasteiger partial charge in [0.1, 0.15) is 0 Å². The number of rotatable bonds is 6. The number of aromatic nitrogens is 2. The fourth-order valence-corrected chi connectivity index (χ4v) is 3.49. The van der Waals surface area contributed by atoms with Crippen molar-refractivity contribution in [2.45, 2.75) is 25.6 Å². The Hall–Kier alpha value is -4.09. The molecular formula is C21H17F3N4O5. The van der Waals surface area contributed by atoms with E-state index in [2.05, 4.69) is 15.6 Å². The molecule has 33 heavy (non-hydrogen) atoms. The third-order valence-corrected chi connectivity index (χ3v) is 5.44. The van der Waals surface area contributed by atoms with Crippen molar-refractivity contribution in [3.05, 3.63) is 53.6 Å². The van der Waals surface area contributed by atoms with E-state index in [1.54, 1.807) is 0 Å². The van der Waals surface area contributed by atoms with Crippen LogP contribution in [0.2, 0.25) is 0 Å². The van der Waals surface area contributed by atoms with Crippen molar-refractivity contribution in [3.63, 3.8) is 0 Å². The maximum absolute atomic E-state index is 13.0. The van der Waals surface area contributed by atoms with Gasteiger partial charge in [0.05, 0.1) is 22.0 Å². The number of alkyl halides is 3. The number of carbonyl (C=O) groups excluding carboxylic acids is 1. The summed E-state index contributed by atoms with van der Waals surface area (Å²) in [7, 11) is 0. The second-order valence-electron chi connectivity index (χ2n) is 7.77. The molecule has 0 bridgehead atoms. The fourth-order valence-electron chi connectivity index (χ4n) is 3.49. The van der Waals surface area contributed by atoms with E-state index in [0.717, 1.165) is 12.1 Å². The minimum Gasteiger partial charge on any atom is -0.481 e. The maximum Gasteiger partial charge on any atom is 0.416 e. The number of hydrogen-bond donors (Lipinski definition) is 4. The highest BCUT2D eigenvalue weighted by Crippen LogP contribution is 2.48. The van der Waals surface area contributed by atoms with Crippen LogP contribution in [0.3, 0.4) is 0 Å². The van der Waals surface area contributed by atoms with Crippen molar-refractivity contribution >= 4 is 40.6 Å². The van der Waals surface area contributed by atoms with E-state index >= 15 is 0 Å². The molecule has 1 heterocycles. The molecule has 1 fully saturated rings. The van der Waals surface area contributed by atoms with Crippen molar-refractivity contribution in [2.24, 2.45) is 5.41 Å². The Labute approximate surface area is 183 Å². The summed E-state index contributed by atoms with van der Waals surface area (Å²) in [6.45, 7) is -0.0251. The quantitative estimate of drug-likeness (QED) is 0.433. The number of amides is 2. The molecule has 2 aromatic carbocycles. The van der Waals surface area contributed by atoms with Crippen molar-refractivity contribution < 1.29 is 37.8 Å². The molecule has 0 saturated heterocycles. The zero-order chi connectivity index (χ0) is 24.0. The summed E-state index contributed by atoms with van der Waals surface area (Å²) in [4.78, 5) is 39.6. The Kier molecular flexibility index (Phi) is 5.23. The van der Waals surface area contributed by atoms with E-state index in [0.29, 0.717) is 24.4 Å². The van der Waals surface area contributed by atoms with Gasteiger partial charge >= 0.3 is 18.2 Å². The molecule has 1 aliphatic carbocycles. The molecule has 0 aliphatic heterocycles. The first-order chi connectivity index (χ1) is 15.5. The Balaban J connectivity index is 1.72. The number of carboxylic acids is 1. The predicted octanol–water partition coefficient (Wildman–Crippen LogP) is 4.26. The second-order valence-corrected chi connectivity index (χ2v) is 7.77. The summed E-state index contributed by atoms with van der Waals surface area (Å²) >= 11 is 0. The number of benzene rings is 2. The van der Waals surface area contributed by atoms with E-state index in [-0.39, 0.29) is 29.3 Å². The Bertz CT molecular complexity index is 1280. The summed E-state index contributed by atoms with van der Waals surface area (Å²) < 4.78 is 40.5. The van der Waals surface area contributed by atoms with Gasteiger partial charge in [0.15, 0.2) is 0 Å². The molecule has 0 unspecified atom stereocenters. The van der Waals surface area contributed by atoms with Crippen LogP contribution < -0.4 is 10.6 Å². The molecule has 0 atom stereocenters. The summed E-state index contributed by atoms with van der Waals surface area (Å²) in [6.07, 6.45) is -5.09. The monoisotopic (exact) mass is 462 g/mol. The van der Waals surface area contributed by atoms with Crippen LogP contribution in [0.4, 0.5) is 29.6 Å². The van der Waals surface area contributed by atoms with Gasteiger partial charge in [0, 0.05) is 17.8 Å². The number of halogens is 3. The molecule has 4 N–H and O–H groups in total. The number of hydrogen-bond acceptors (Lipinski definition) is 4. The minimum absolute atomic E-state index is 0.0251. The van der Waals surface area contributed by atoms with Crippen molar-refractivity contribution in [3.8, 4) is 0 Å². The SMILES string of the molecule is O=C(O)Nc1ccc2c(c1)nc(NC(=O)c1cccc(C(F)(F)F)c1)n2CC1(C(=O)O)CC1. The lowest BCUT2D eigenvalue weighted by Gasteiger charge is -2.15. The average molecular weight is 462 g/mol. The van der Waals surface area contributed by atoms with Gasteiger partial charge < -0.3 is 14.8 Å². The topological polar surface area (TPSA) is 134 Å². The van der Waals surface area contributed by atoms with Crippen molar-refractivity contribution in [2.75, 3.05) is 10.6 Å². The van der Waals surface area contributed by atoms with Gasteiger partial charge in [-0.2, -0.15) is 13.2 Å². The van der Waals surface area contributed by atoms with E-state index in [9.17, 15) is 32.7 Å². The Morgan fingerprint density at radius 1 is 1.06 bits per heavy atom. The molecule has 4 rings (SSSR count). The van der Waals surface area contributed by atoms with E-state index in [4.69, 9.17) is 5.11 Å². The second kappa shape index (κ2) is 7.80. The lowest BCUT2D eigenvalue weighted by molar-refractivity contribution is -0.143. The molecule has 2 amide bonds. The number of anilines is 2.